The molecule has 1 saturated heterocycles. The summed E-state index contributed by atoms with van der Waals surface area (Å²) in [6, 6.07) is 0. The highest BCUT2D eigenvalue weighted by Gasteiger charge is 2.24. The van der Waals surface area contributed by atoms with Gasteiger partial charge >= 0.3 is 0 Å². The molecule has 1 unspecified atom stereocenters. The summed E-state index contributed by atoms with van der Waals surface area (Å²) in [6.45, 7) is 10.0. The molecule has 1 aliphatic heterocycles. The van der Waals surface area contributed by atoms with Gasteiger partial charge in [-0.05, 0) is 39.0 Å². The third-order valence-electron chi connectivity index (χ3n) is 5.27. The van der Waals surface area contributed by atoms with Crippen LogP contribution in [0.15, 0.2) is 9.05 Å². The van der Waals surface area contributed by atoms with E-state index in [1.807, 2.05) is 18.7 Å². The maximum Gasteiger partial charge on any atom is 0.226 e. The molecule has 3 rings (SSSR count). The van der Waals surface area contributed by atoms with E-state index in [4.69, 9.17) is 13.8 Å². The highest BCUT2D eigenvalue weighted by molar-refractivity contribution is 5.76. The number of piperidine rings is 1. The largest absolute Gasteiger partial charge is 0.376 e. The monoisotopic (exact) mass is 404 g/mol. The van der Waals surface area contributed by atoms with Crippen molar-refractivity contribution in [3.63, 3.8) is 0 Å². The molecule has 1 atom stereocenters. The molecule has 1 aliphatic rings. The normalized spacial score (nSPS) is 17.3. The zero-order valence-electron chi connectivity index (χ0n) is 17.9. The quantitative estimate of drug-likeness (QED) is 0.634. The lowest BCUT2D eigenvalue weighted by Gasteiger charge is -2.32. The van der Waals surface area contributed by atoms with Gasteiger partial charge in [0.25, 0.3) is 0 Å². The van der Waals surface area contributed by atoms with Gasteiger partial charge in [0.1, 0.15) is 5.76 Å². The molecular formula is C21H32N4O4. The summed E-state index contributed by atoms with van der Waals surface area (Å²) in [4.78, 5) is 19.0. The Kier molecular flexibility index (Phi) is 7.41. The van der Waals surface area contributed by atoms with Crippen LogP contribution in [0.2, 0.25) is 0 Å². The fourth-order valence-electron chi connectivity index (χ4n) is 3.69. The van der Waals surface area contributed by atoms with Gasteiger partial charge in [0.15, 0.2) is 5.82 Å². The summed E-state index contributed by atoms with van der Waals surface area (Å²) in [6.07, 6.45) is 4.55. The predicted octanol–water partition coefficient (Wildman–Crippen LogP) is 3.06. The number of carbonyl (C=O) groups excluding carboxylic acids is 1. The van der Waals surface area contributed by atoms with Crippen molar-refractivity contribution in [2.24, 2.45) is 5.92 Å². The summed E-state index contributed by atoms with van der Waals surface area (Å²) < 4.78 is 16.4. The SMILES string of the molecule is Cc1noc(C)c1CCC(=O)N1CCCC(OCCc2noc(CC(C)C)n2)C1. The second-order valence-electron chi connectivity index (χ2n) is 8.23. The lowest BCUT2D eigenvalue weighted by atomic mass is 10.1. The standard InChI is InChI=1S/C21H32N4O4/c1-14(2)12-20-22-19(24-29-20)9-11-27-17-6-5-10-25(13-17)21(26)8-7-18-15(3)23-28-16(18)4/h14,17H,5-13H2,1-4H3. The number of hydrogen-bond donors (Lipinski definition) is 0. The van der Waals surface area contributed by atoms with Crippen LogP contribution < -0.4 is 0 Å². The molecule has 8 nitrogen and oxygen atoms in total. The summed E-state index contributed by atoms with van der Waals surface area (Å²) in [7, 11) is 0. The minimum absolute atomic E-state index is 0.0637. The number of amides is 1. The summed E-state index contributed by atoms with van der Waals surface area (Å²) >= 11 is 0. The number of rotatable bonds is 9. The molecule has 0 saturated carbocycles. The Morgan fingerprint density at radius 1 is 1.24 bits per heavy atom. The first-order chi connectivity index (χ1) is 13.9. The summed E-state index contributed by atoms with van der Waals surface area (Å²) in [5.41, 5.74) is 1.91. The number of hydrogen-bond acceptors (Lipinski definition) is 7. The Morgan fingerprint density at radius 3 is 2.79 bits per heavy atom. The molecule has 3 heterocycles. The number of carbonyl (C=O) groups is 1. The molecule has 29 heavy (non-hydrogen) atoms. The Bertz CT molecular complexity index is 779. The highest BCUT2D eigenvalue weighted by atomic mass is 16.5. The Hall–Kier alpha value is -2.22. The molecule has 0 bridgehead atoms. The number of aryl methyl sites for hydroxylation is 2. The van der Waals surface area contributed by atoms with Gasteiger partial charge in [-0.25, -0.2) is 0 Å². The van der Waals surface area contributed by atoms with Gasteiger partial charge < -0.3 is 18.7 Å². The first-order valence-corrected chi connectivity index (χ1v) is 10.5. The van der Waals surface area contributed by atoms with Crippen LogP contribution in [0.1, 0.15) is 61.8 Å². The van der Waals surface area contributed by atoms with Crippen LogP contribution in [0.4, 0.5) is 0 Å². The van der Waals surface area contributed by atoms with Crippen LogP contribution in [0.25, 0.3) is 0 Å². The van der Waals surface area contributed by atoms with E-state index < -0.39 is 0 Å². The van der Waals surface area contributed by atoms with Crippen molar-refractivity contribution < 1.29 is 18.6 Å². The molecular weight excluding hydrogens is 372 g/mol. The lowest BCUT2D eigenvalue weighted by Crippen LogP contribution is -2.43. The number of likely N-dealkylation sites (tertiary alicyclic amines) is 1. The van der Waals surface area contributed by atoms with Crippen molar-refractivity contribution in [2.75, 3.05) is 19.7 Å². The minimum Gasteiger partial charge on any atom is -0.376 e. The number of ether oxygens (including phenoxy) is 1. The van der Waals surface area contributed by atoms with Crippen molar-refractivity contribution in [3.8, 4) is 0 Å². The van der Waals surface area contributed by atoms with E-state index in [9.17, 15) is 4.79 Å². The lowest BCUT2D eigenvalue weighted by molar-refractivity contribution is -0.135. The molecule has 0 aliphatic carbocycles. The highest BCUT2D eigenvalue weighted by Crippen LogP contribution is 2.18. The van der Waals surface area contributed by atoms with Crippen LogP contribution in [0.5, 0.6) is 0 Å². The fraction of sp³-hybridized carbons (Fsp3) is 0.714. The summed E-state index contributed by atoms with van der Waals surface area (Å²) in [5, 5.41) is 7.97. The Labute approximate surface area is 172 Å². The number of aromatic nitrogens is 3. The molecule has 2 aromatic rings. The fourth-order valence-corrected chi connectivity index (χ4v) is 3.69. The van der Waals surface area contributed by atoms with Gasteiger partial charge in [-0.1, -0.05) is 24.2 Å². The topological polar surface area (TPSA) is 94.5 Å². The van der Waals surface area contributed by atoms with Crippen LogP contribution in [0.3, 0.4) is 0 Å². The van der Waals surface area contributed by atoms with Gasteiger partial charge in [0.2, 0.25) is 11.8 Å². The minimum atomic E-state index is 0.0637. The van der Waals surface area contributed by atoms with Crippen molar-refractivity contribution >= 4 is 5.91 Å². The molecule has 0 aromatic carbocycles. The van der Waals surface area contributed by atoms with Crippen molar-refractivity contribution in [3.05, 3.63) is 28.7 Å². The van der Waals surface area contributed by atoms with Crippen LogP contribution in [-0.4, -0.2) is 51.9 Å². The van der Waals surface area contributed by atoms with Gasteiger partial charge in [-0.2, -0.15) is 4.98 Å². The average molecular weight is 405 g/mol. The van der Waals surface area contributed by atoms with Crippen molar-refractivity contribution in [1.82, 2.24) is 20.2 Å². The predicted molar refractivity (Wildman–Crippen MR) is 106 cm³/mol. The van der Waals surface area contributed by atoms with Crippen molar-refractivity contribution in [2.45, 2.75) is 72.3 Å². The van der Waals surface area contributed by atoms with Gasteiger partial charge in [-0.15, -0.1) is 0 Å². The zero-order valence-corrected chi connectivity index (χ0v) is 17.9. The molecule has 0 spiro atoms. The van der Waals surface area contributed by atoms with E-state index in [0.29, 0.717) is 50.0 Å². The molecule has 1 amide bonds. The molecule has 0 N–H and O–H groups in total. The van der Waals surface area contributed by atoms with E-state index in [1.54, 1.807) is 0 Å². The van der Waals surface area contributed by atoms with Gasteiger partial charge in [0.05, 0.1) is 18.4 Å². The molecule has 8 heteroatoms. The van der Waals surface area contributed by atoms with Crippen molar-refractivity contribution in [1.29, 1.82) is 0 Å². The third kappa shape index (κ3) is 6.13. The van der Waals surface area contributed by atoms with Gasteiger partial charge in [0, 0.05) is 37.9 Å². The average Bonchev–Trinajstić information content (AvgIpc) is 3.26. The molecule has 0 radical (unpaired) electrons. The van der Waals surface area contributed by atoms with E-state index in [2.05, 4.69) is 29.1 Å². The van der Waals surface area contributed by atoms with E-state index >= 15 is 0 Å². The zero-order chi connectivity index (χ0) is 20.8. The molecule has 160 valence electrons. The van der Waals surface area contributed by atoms with E-state index in [1.165, 1.54) is 0 Å². The third-order valence-corrected chi connectivity index (χ3v) is 5.27. The first-order valence-electron chi connectivity index (χ1n) is 10.5. The maximum atomic E-state index is 12.6. The van der Waals surface area contributed by atoms with Crippen LogP contribution >= 0.6 is 0 Å². The Morgan fingerprint density at radius 2 is 2.07 bits per heavy atom. The second-order valence-corrected chi connectivity index (χ2v) is 8.23. The van der Waals surface area contributed by atoms with E-state index in [-0.39, 0.29) is 12.0 Å². The summed E-state index contributed by atoms with van der Waals surface area (Å²) in [5.74, 6) is 2.82. The molecule has 1 fully saturated rings. The first kappa shape index (κ1) is 21.5. The Balaban J connectivity index is 1.40. The number of nitrogens with zero attached hydrogens (tertiary/aromatic N) is 4. The molecule has 2 aromatic heterocycles. The maximum absolute atomic E-state index is 12.6. The van der Waals surface area contributed by atoms with Crippen LogP contribution in [-0.2, 0) is 28.8 Å². The van der Waals surface area contributed by atoms with E-state index in [0.717, 1.165) is 42.8 Å². The van der Waals surface area contributed by atoms with Crippen LogP contribution in [0, 0.1) is 19.8 Å². The second kappa shape index (κ2) is 10.0. The smallest absolute Gasteiger partial charge is 0.226 e. The van der Waals surface area contributed by atoms with Gasteiger partial charge in [-0.3, -0.25) is 4.79 Å².